The minimum Gasteiger partial charge on any atom is -0.354 e. The van der Waals surface area contributed by atoms with Gasteiger partial charge in [-0.15, -0.1) is 0 Å². The number of halogens is 1. The number of hydrogen-bond donors (Lipinski definition) is 2. The van der Waals surface area contributed by atoms with Crippen LogP contribution < -0.4 is 10.6 Å². The summed E-state index contributed by atoms with van der Waals surface area (Å²) >= 11 is 0. The number of nitrogens with zero attached hydrogens (tertiary/aromatic N) is 2. The van der Waals surface area contributed by atoms with Gasteiger partial charge in [-0.1, -0.05) is 36.4 Å². The van der Waals surface area contributed by atoms with Gasteiger partial charge in [-0.3, -0.25) is 9.69 Å². The van der Waals surface area contributed by atoms with Crippen LogP contribution in [-0.2, 0) is 11.3 Å². The maximum Gasteiger partial charge on any atom is 0.321 e. The standard InChI is InChI=1S/C25H31FN4O2/c1-17(2)27-23(31)20-13-29(12-19-8-5-4-6-9-19)14-25(20)15-30(16-25)24(32)28-22-11-7-10-21(26)18(22)3/h4-11,17,20H,12-16H2,1-3H3,(H,27,31)(H,28,32). The van der Waals surface area contributed by atoms with Gasteiger partial charge in [0.2, 0.25) is 5.91 Å². The lowest BCUT2D eigenvalue weighted by Gasteiger charge is -2.50. The van der Waals surface area contributed by atoms with E-state index in [2.05, 4.69) is 27.7 Å². The molecule has 2 fully saturated rings. The van der Waals surface area contributed by atoms with E-state index in [-0.39, 0.29) is 35.1 Å². The molecule has 1 spiro atoms. The molecule has 2 aliphatic heterocycles. The van der Waals surface area contributed by atoms with Crippen molar-refractivity contribution in [3.8, 4) is 0 Å². The summed E-state index contributed by atoms with van der Waals surface area (Å²) in [6.45, 7) is 8.80. The molecule has 1 unspecified atom stereocenters. The van der Waals surface area contributed by atoms with E-state index in [0.29, 0.717) is 30.9 Å². The largest absolute Gasteiger partial charge is 0.354 e. The van der Waals surface area contributed by atoms with Crippen molar-refractivity contribution in [2.75, 3.05) is 31.5 Å². The van der Waals surface area contributed by atoms with Gasteiger partial charge in [0.15, 0.2) is 0 Å². The third-order valence-corrected chi connectivity index (χ3v) is 6.52. The van der Waals surface area contributed by atoms with E-state index in [1.165, 1.54) is 11.6 Å². The Morgan fingerprint density at radius 2 is 1.81 bits per heavy atom. The number of likely N-dealkylation sites (tertiary alicyclic amines) is 2. The second-order valence-corrected chi connectivity index (χ2v) is 9.43. The fourth-order valence-corrected chi connectivity index (χ4v) is 4.90. The molecule has 0 bridgehead atoms. The van der Waals surface area contributed by atoms with Gasteiger partial charge in [0, 0.05) is 55.4 Å². The lowest BCUT2D eigenvalue weighted by atomic mass is 9.71. The lowest BCUT2D eigenvalue weighted by Crippen LogP contribution is -2.65. The van der Waals surface area contributed by atoms with Crippen LogP contribution in [0.1, 0.15) is 25.0 Å². The van der Waals surface area contributed by atoms with Gasteiger partial charge in [-0.25, -0.2) is 9.18 Å². The average Bonchev–Trinajstić information content (AvgIpc) is 3.10. The number of nitrogens with one attached hydrogen (secondary N) is 2. The summed E-state index contributed by atoms with van der Waals surface area (Å²) in [5, 5.41) is 5.88. The number of urea groups is 1. The van der Waals surface area contributed by atoms with Gasteiger partial charge in [0.05, 0.1) is 5.92 Å². The van der Waals surface area contributed by atoms with Crippen molar-refractivity contribution in [1.82, 2.24) is 15.1 Å². The van der Waals surface area contributed by atoms with Crippen molar-refractivity contribution in [3.63, 3.8) is 0 Å². The van der Waals surface area contributed by atoms with Crippen LogP contribution >= 0.6 is 0 Å². The molecule has 0 radical (unpaired) electrons. The van der Waals surface area contributed by atoms with E-state index in [1.807, 2.05) is 32.0 Å². The molecule has 2 aromatic carbocycles. The Morgan fingerprint density at radius 1 is 1.09 bits per heavy atom. The summed E-state index contributed by atoms with van der Waals surface area (Å²) < 4.78 is 13.8. The summed E-state index contributed by atoms with van der Waals surface area (Å²) in [5.41, 5.74) is 1.84. The van der Waals surface area contributed by atoms with Crippen molar-refractivity contribution in [2.24, 2.45) is 11.3 Å². The van der Waals surface area contributed by atoms with Gasteiger partial charge in [-0.05, 0) is 38.5 Å². The molecule has 0 aromatic heterocycles. The molecular formula is C25H31FN4O2. The maximum absolute atomic E-state index is 13.8. The molecule has 2 saturated heterocycles. The minimum absolute atomic E-state index is 0.0524. The highest BCUT2D eigenvalue weighted by molar-refractivity contribution is 5.91. The molecule has 4 rings (SSSR count). The Balaban J connectivity index is 1.45. The Morgan fingerprint density at radius 3 is 2.50 bits per heavy atom. The Bertz CT molecular complexity index is 989. The highest BCUT2D eigenvalue weighted by Gasteiger charge is 2.57. The third kappa shape index (κ3) is 4.48. The van der Waals surface area contributed by atoms with E-state index in [4.69, 9.17) is 0 Å². The third-order valence-electron chi connectivity index (χ3n) is 6.52. The fraction of sp³-hybridized carbons (Fsp3) is 0.440. The predicted octanol–water partition coefficient (Wildman–Crippen LogP) is 3.62. The lowest BCUT2D eigenvalue weighted by molar-refractivity contribution is -0.131. The quantitative estimate of drug-likeness (QED) is 0.749. The van der Waals surface area contributed by atoms with Crippen LogP contribution in [0.5, 0.6) is 0 Å². The number of amides is 3. The van der Waals surface area contributed by atoms with Crippen LogP contribution in [-0.4, -0.2) is 54.0 Å². The SMILES string of the molecule is Cc1c(F)cccc1NC(=O)N1CC2(CN(Cc3ccccc3)CC2C(=O)NC(C)C)C1. The van der Waals surface area contributed by atoms with Crippen LogP contribution in [0.15, 0.2) is 48.5 Å². The van der Waals surface area contributed by atoms with Gasteiger partial charge in [0.1, 0.15) is 5.82 Å². The van der Waals surface area contributed by atoms with Crippen LogP contribution in [0.4, 0.5) is 14.9 Å². The van der Waals surface area contributed by atoms with Crippen LogP contribution in [0, 0.1) is 24.1 Å². The van der Waals surface area contributed by atoms with Crippen molar-refractivity contribution in [2.45, 2.75) is 33.4 Å². The first kappa shape index (κ1) is 22.3. The molecule has 3 amide bonds. The summed E-state index contributed by atoms with van der Waals surface area (Å²) in [6.07, 6.45) is 0. The van der Waals surface area contributed by atoms with E-state index in [1.54, 1.807) is 24.0 Å². The van der Waals surface area contributed by atoms with E-state index < -0.39 is 0 Å². The molecule has 2 heterocycles. The van der Waals surface area contributed by atoms with Crippen LogP contribution in [0.3, 0.4) is 0 Å². The van der Waals surface area contributed by atoms with E-state index in [9.17, 15) is 14.0 Å². The molecule has 7 heteroatoms. The Labute approximate surface area is 188 Å². The highest BCUT2D eigenvalue weighted by Crippen LogP contribution is 2.45. The molecule has 6 nitrogen and oxygen atoms in total. The highest BCUT2D eigenvalue weighted by atomic mass is 19.1. The maximum atomic E-state index is 13.8. The first-order valence-electron chi connectivity index (χ1n) is 11.1. The minimum atomic E-state index is -0.347. The molecule has 2 aliphatic rings. The topological polar surface area (TPSA) is 64.7 Å². The molecule has 1 atom stereocenters. The molecule has 170 valence electrons. The Hall–Kier alpha value is -2.93. The van der Waals surface area contributed by atoms with Gasteiger partial charge < -0.3 is 15.5 Å². The van der Waals surface area contributed by atoms with Gasteiger partial charge in [-0.2, -0.15) is 0 Å². The molecule has 0 saturated carbocycles. The van der Waals surface area contributed by atoms with E-state index >= 15 is 0 Å². The predicted molar refractivity (Wildman–Crippen MR) is 123 cm³/mol. The zero-order valence-electron chi connectivity index (χ0n) is 18.9. The van der Waals surface area contributed by atoms with Crippen molar-refractivity contribution >= 4 is 17.6 Å². The smallest absolute Gasteiger partial charge is 0.321 e. The molecule has 2 N–H and O–H groups in total. The Kier molecular flexibility index (Phi) is 6.20. The van der Waals surface area contributed by atoms with Gasteiger partial charge >= 0.3 is 6.03 Å². The monoisotopic (exact) mass is 438 g/mol. The second kappa shape index (κ2) is 8.90. The van der Waals surface area contributed by atoms with Crippen LogP contribution in [0.2, 0.25) is 0 Å². The summed E-state index contributed by atoms with van der Waals surface area (Å²) in [7, 11) is 0. The average molecular weight is 439 g/mol. The molecule has 2 aromatic rings. The molecule has 0 aliphatic carbocycles. The zero-order chi connectivity index (χ0) is 22.9. The zero-order valence-corrected chi connectivity index (χ0v) is 18.9. The van der Waals surface area contributed by atoms with Gasteiger partial charge in [0.25, 0.3) is 0 Å². The van der Waals surface area contributed by atoms with Crippen molar-refractivity contribution < 1.29 is 14.0 Å². The summed E-state index contributed by atoms with van der Waals surface area (Å²) in [6, 6.07) is 14.7. The number of carbonyl (C=O) groups is 2. The van der Waals surface area contributed by atoms with E-state index in [0.717, 1.165) is 13.1 Å². The fourth-order valence-electron chi connectivity index (χ4n) is 4.90. The van der Waals surface area contributed by atoms with Crippen LogP contribution in [0.25, 0.3) is 0 Å². The molecular weight excluding hydrogens is 407 g/mol. The number of carbonyl (C=O) groups excluding carboxylic acids is 2. The normalized spacial score (nSPS) is 19.8. The molecule has 32 heavy (non-hydrogen) atoms. The number of hydrogen-bond acceptors (Lipinski definition) is 3. The first-order chi connectivity index (χ1) is 15.3. The van der Waals surface area contributed by atoms with Crippen molar-refractivity contribution in [3.05, 3.63) is 65.5 Å². The first-order valence-corrected chi connectivity index (χ1v) is 11.1. The summed E-state index contributed by atoms with van der Waals surface area (Å²) in [5.74, 6) is -0.467. The number of benzene rings is 2. The second-order valence-electron chi connectivity index (χ2n) is 9.43. The number of anilines is 1. The number of rotatable bonds is 5. The summed E-state index contributed by atoms with van der Waals surface area (Å²) in [4.78, 5) is 29.8. The van der Waals surface area contributed by atoms with Crippen molar-refractivity contribution in [1.29, 1.82) is 0 Å².